The van der Waals surface area contributed by atoms with Crippen LogP contribution in [0.4, 0.5) is 4.39 Å². The first-order valence-corrected chi connectivity index (χ1v) is 6.99. The number of rotatable bonds is 2. The monoisotopic (exact) mass is 258 g/mol. The topological polar surface area (TPSA) is 63.4 Å². The molecule has 0 aromatic heterocycles. The van der Waals surface area contributed by atoms with Gasteiger partial charge in [0, 0.05) is 6.54 Å². The summed E-state index contributed by atoms with van der Waals surface area (Å²) in [5.74, 6) is -0.452. The summed E-state index contributed by atoms with van der Waals surface area (Å²) in [7, 11) is -3.59. The maximum Gasteiger partial charge on any atom is 0.244 e. The number of piperidine rings is 1. The van der Waals surface area contributed by atoms with E-state index >= 15 is 0 Å². The molecule has 0 spiro atoms. The summed E-state index contributed by atoms with van der Waals surface area (Å²) in [5.41, 5.74) is 5.81. The highest BCUT2D eigenvalue weighted by Crippen LogP contribution is 2.22. The van der Waals surface area contributed by atoms with E-state index in [9.17, 15) is 12.8 Å². The lowest BCUT2D eigenvalue weighted by Crippen LogP contribution is -2.48. The van der Waals surface area contributed by atoms with Crippen molar-refractivity contribution >= 4 is 10.0 Å². The summed E-state index contributed by atoms with van der Waals surface area (Å²) in [6, 6.07) is 4.82. The van der Waals surface area contributed by atoms with E-state index in [-0.39, 0.29) is 4.90 Å². The van der Waals surface area contributed by atoms with Crippen molar-refractivity contribution in [3.8, 4) is 0 Å². The Morgan fingerprint density at radius 1 is 1.24 bits per heavy atom. The molecule has 0 radical (unpaired) electrons. The maximum absolute atomic E-state index is 12.8. The largest absolute Gasteiger partial charge is 0.315 e. The molecule has 0 bridgehead atoms. The summed E-state index contributed by atoms with van der Waals surface area (Å²) in [6.07, 6.45) is 1.95. The molecule has 0 saturated carbocycles. The average molecular weight is 258 g/mol. The van der Waals surface area contributed by atoms with Gasteiger partial charge in [0.15, 0.2) is 0 Å². The first-order chi connectivity index (χ1) is 8.01. The van der Waals surface area contributed by atoms with Gasteiger partial charge in [0.05, 0.1) is 11.1 Å². The quantitative estimate of drug-likeness (QED) is 0.869. The highest BCUT2D eigenvalue weighted by Gasteiger charge is 2.31. The molecule has 1 fully saturated rings. The van der Waals surface area contributed by atoms with E-state index in [1.165, 1.54) is 16.4 Å². The highest BCUT2D eigenvalue weighted by molar-refractivity contribution is 7.89. The van der Waals surface area contributed by atoms with E-state index in [2.05, 4.69) is 0 Å². The van der Waals surface area contributed by atoms with Gasteiger partial charge in [-0.25, -0.2) is 12.8 Å². The number of benzene rings is 1. The van der Waals surface area contributed by atoms with E-state index in [1.54, 1.807) is 0 Å². The minimum Gasteiger partial charge on any atom is -0.315 e. The predicted octanol–water partition coefficient (Wildman–Crippen LogP) is 1.29. The van der Waals surface area contributed by atoms with Crippen LogP contribution in [-0.2, 0) is 10.0 Å². The molecule has 1 unspecified atom stereocenters. The Morgan fingerprint density at radius 3 is 2.47 bits per heavy atom. The third-order valence-corrected chi connectivity index (χ3v) is 4.86. The van der Waals surface area contributed by atoms with Gasteiger partial charge < -0.3 is 5.73 Å². The molecule has 4 nitrogen and oxygen atoms in total. The number of nitrogens with zero attached hydrogens (tertiary/aromatic N) is 1. The van der Waals surface area contributed by atoms with Gasteiger partial charge in [-0.3, -0.25) is 0 Å². The van der Waals surface area contributed by atoms with Crippen LogP contribution in [0, 0.1) is 5.82 Å². The van der Waals surface area contributed by atoms with E-state index in [1.807, 2.05) is 0 Å². The molecule has 1 aliphatic heterocycles. The predicted molar refractivity (Wildman–Crippen MR) is 62.1 cm³/mol. The van der Waals surface area contributed by atoms with Gasteiger partial charge in [-0.05, 0) is 43.5 Å². The van der Waals surface area contributed by atoms with Crippen LogP contribution in [0.2, 0.25) is 0 Å². The molecule has 2 rings (SSSR count). The summed E-state index contributed by atoms with van der Waals surface area (Å²) in [5, 5.41) is 0. The normalized spacial score (nSPS) is 22.6. The molecule has 1 aromatic rings. The Kier molecular flexibility index (Phi) is 3.46. The Hall–Kier alpha value is -0.980. The lowest BCUT2D eigenvalue weighted by molar-refractivity contribution is 0.258. The summed E-state index contributed by atoms with van der Waals surface area (Å²) >= 11 is 0. The second-order valence-electron chi connectivity index (χ2n) is 4.13. The minimum absolute atomic E-state index is 0.0938. The molecule has 6 heteroatoms. The molecule has 2 N–H and O–H groups in total. The van der Waals surface area contributed by atoms with Crippen molar-refractivity contribution in [2.75, 3.05) is 6.54 Å². The molecule has 17 heavy (non-hydrogen) atoms. The van der Waals surface area contributed by atoms with Crippen molar-refractivity contribution in [2.24, 2.45) is 5.73 Å². The number of hydrogen-bond donors (Lipinski definition) is 1. The highest BCUT2D eigenvalue weighted by atomic mass is 32.2. The van der Waals surface area contributed by atoms with Crippen molar-refractivity contribution in [1.82, 2.24) is 4.31 Å². The lowest BCUT2D eigenvalue weighted by atomic mass is 10.1. The first kappa shape index (κ1) is 12.5. The smallest absolute Gasteiger partial charge is 0.244 e. The zero-order valence-electron chi connectivity index (χ0n) is 9.34. The summed E-state index contributed by atoms with van der Waals surface area (Å²) < 4.78 is 38.5. The van der Waals surface area contributed by atoms with Gasteiger partial charge >= 0.3 is 0 Å². The van der Waals surface area contributed by atoms with Crippen LogP contribution in [0.1, 0.15) is 19.3 Å². The number of halogens is 1. The summed E-state index contributed by atoms with van der Waals surface area (Å²) in [6.45, 7) is 0.431. The van der Waals surface area contributed by atoms with Crippen LogP contribution < -0.4 is 5.73 Å². The summed E-state index contributed by atoms with van der Waals surface area (Å²) in [4.78, 5) is 0.0938. The van der Waals surface area contributed by atoms with Gasteiger partial charge in [0.2, 0.25) is 10.0 Å². The molecule has 1 atom stereocenters. The van der Waals surface area contributed by atoms with E-state index in [0.717, 1.165) is 25.0 Å². The van der Waals surface area contributed by atoms with Gasteiger partial charge in [-0.15, -0.1) is 0 Å². The van der Waals surface area contributed by atoms with Crippen molar-refractivity contribution in [2.45, 2.75) is 30.3 Å². The van der Waals surface area contributed by atoms with Crippen molar-refractivity contribution in [3.63, 3.8) is 0 Å². The third kappa shape index (κ3) is 2.48. The van der Waals surface area contributed by atoms with Crippen LogP contribution in [0.25, 0.3) is 0 Å². The van der Waals surface area contributed by atoms with E-state index < -0.39 is 22.0 Å². The second kappa shape index (κ2) is 4.72. The molecule has 0 aliphatic carbocycles. The molecule has 1 aromatic carbocycles. The molecule has 0 amide bonds. The lowest BCUT2D eigenvalue weighted by Gasteiger charge is -2.31. The molecular formula is C11H15FN2O2S. The first-order valence-electron chi connectivity index (χ1n) is 5.55. The number of nitrogens with two attached hydrogens (primary N) is 1. The van der Waals surface area contributed by atoms with Gasteiger partial charge in [0.25, 0.3) is 0 Å². The van der Waals surface area contributed by atoms with Crippen LogP contribution in [0.15, 0.2) is 29.2 Å². The fourth-order valence-corrected chi connectivity index (χ4v) is 3.55. The van der Waals surface area contributed by atoms with E-state index in [4.69, 9.17) is 5.73 Å². The zero-order valence-corrected chi connectivity index (χ0v) is 10.2. The SMILES string of the molecule is NC1CCCCN1S(=O)(=O)c1ccc(F)cc1. The second-order valence-corrected chi connectivity index (χ2v) is 6.02. The van der Waals surface area contributed by atoms with Gasteiger partial charge in [0.1, 0.15) is 5.82 Å². The van der Waals surface area contributed by atoms with Gasteiger partial charge in [-0.1, -0.05) is 0 Å². The molecule has 1 saturated heterocycles. The maximum atomic E-state index is 12.8. The van der Waals surface area contributed by atoms with Crippen molar-refractivity contribution in [1.29, 1.82) is 0 Å². The van der Waals surface area contributed by atoms with Crippen LogP contribution in [0.3, 0.4) is 0 Å². The Labute approximate surface area is 100 Å². The Balaban J connectivity index is 2.32. The standard InChI is InChI=1S/C11H15FN2O2S/c12-9-4-6-10(7-5-9)17(15,16)14-8-2-1-3-11(14)13/h4-7,11H,1-3,8,13H2. The van der Waals surface area contributed by atoms with Crippen molar-refractivity contribution < 1.29 is 12.8 Å². The van der Waals surface area contributed by atoms with Crippen LogP contribution >= 0.6 is 0 Å². The minimum atomic E-state index is -3.59. The Bertz CT molecular complexity index is 487. The van der Waals surface area contributed by atoms with Gasteiger partial charge in [-0.2, -0.15) is 4.31 Å². The average Bonchev–Trinajstić information content (AvgIpc) is 2.30. The zero-order chi connectivity index (χ0) is 12.5. The molecule has 1 aliphatic rings. The molecule has 1 heterocycles. The van der Waals surface area contributed by atoms with Crippen LogP contribution in [0.5, 0.6) is 0 Å². The third-order valence-electron chi connectivity index (χ3n) is 2.92. The molecule has 94 valence electrons. The fraction of sp³-hybridized carbons (Fsp3) is 0.455. The number of sulfonamides is 1. The molecular weight excluding hydrogens is 243 g/mol. The van der Waals surface area contributed by atoms with Crippen molar-refractivity contribution in [3.05, 3.63) is 30.1 Å². The fourth-order valence-electron chi connectivity index (χ4n) is 1.97. The Morgan fingerprint density at radius 2 is 1.88 bits per heavy atom. The van der Waals surface area contributed by atoms with Crippen LogP contribution in [-0.4, -0.2) is 25.4 Å². The number of hydrogen-bond acceptors (Lipinski definition) is 3. The van der Waals surface area contributed by atoms with E-state index in [0.29, 0.717) is 13.0 Å².